The van der Waals surface area contributed by atoms with E-state index >= 15 is 0 Å². The van der Waals surface area contributed by atoms with Crippen molar-refractivity contribution in [2.45, 2.75) is 31.1 Å². The van der Waals surface area contributed by atoms with E-state index in [1.54, 1.807) is 25.0 Å². The third-order valence-corrected chi connectivity index (χ3v) is 4.38. The summed E-state index contributed by atoms with van der Waals surface area (Å²) in [5.41, 5.74) is -0.291. The number of hydrogen-bond acceptors (Lipinski definition) is 7. The van der Waals surface area contributed by atoms with Crippen LogP contribution in [0.25, 0.3) is 0 Å². The molecular formula is C15H20N6O2. The maximum absolute atomic E-state index is 6.38. The average molecular weight is 316 g/mol. The van der Waals surface area contributed by atoms with Crippen molar-refractivity contribution in [2.75, 3.05) is 31.2 Å². The Morgan fingerprint density at radius 2 is 2.22 bits per heavy atom. The third kappa shape index (κ3) is 3.18. The number of nitrogens with zero attached hydrogens (tertiary/aromatic N) is 6. The number of hydrogen-bond donors (Lipinski definition) is 0. The predicted molar refractivity (Wildman–Crippen MR) is 81.9 cm³/mol. The first kappa shape index (κ1) is 14.5. The van der Waals surface area contributed by atoms with E-state index in [-0.39, 0.29) is 11.7 Å². The molecule has 0 aromatic carbocycles. The number of rotatable bonds is 3. The molecule has 2 aliphatic rings. The van der Waals surface area contributed by atoms with Gasteiger partial charge in [0.05, 0.1) is 32.4 Å². The van der Waals surface area contributed by atoms with Gasteiger partial charge in [0.1, 0.15) is 18.3 Å². The molecule has 4 heterocycles. The lowest BCUT2D eigenvalue weighted by Gasteiger charge is -2.31. The molecule has 23 heavy (non-hydrogen) atoms. The van der Waals surface area contributed by atoms with Crippen LogP contribution in [0.15, 0.2) is 31.1 Å². The minimum absolute atomic E-state index is 0.136. The zero-order chi connectivity index (χ0) is 15.5. The summed E-state index contributed by atoms with van der Waals surface area (Å²) in [5.74, 6) is 0.737. The predicted octanol–water partition coefficient (Wildman–Crippen LogP) is 0.523. The molecule has 2 aliphatic heterocycles. The summed E-state index contributed by atoms with van der Waals surface area (Å²) in [6.07, 6.45) is 8.91. The van der Waals surface area contributed by atoms with Crippen molar-refractivity contribution >= 4 is 5.95 Å². The lowest BCUT2D eigenvalue weighted by Crippen LogP contribution is -2.45. The first-order valence-electron chi connectivity index (χ1n) is 7.93. The van der Waals surface area contributed by atoms with Gasteiger partial charge >= 0.3 is 0 Å². The fourth-order valence-electron chi connectivity index (χ4n) is 3.31. The monoisotopic (exact) mass is 316 g/mol. The molecule has 2 aromatic heterocycles. The highest BCUT2D eigenvalue weighted by Gasteiger charge is 2.43. The van der Waals surface area contributed by atoms with E-state index < -0.39 is 0 Å². The van der Waals surface area contributed by atoms with Gasteiger partial charge in [-0.15, -0.1) is 0 Å². The van der Waals surface area contributed by atoms with Crippen LogP contribution in [0.2, 0.25) is 0 Å². The number of aromatic nitrogens is 5. The maximum atomic E-state index is 6.38. The highest BCUT2D eigenvalue weighted by Crippen LogP contribution is 2.34. The van der Waals surface area contributed by atoms with Gasteiger partial charge in [-0.25, -0.2) is 15.0 Å². The summed E-state index contributed by atoms with van der Waals surface area (Å²) in [4.78, 5) is 14.9. The Labute approximate surface area is 134 Å². The van der Waals surface area contributed by atoms with Crippen molar-refractivity contribution < 1.29 is 9.47 Å². The molecule has 2 aromatic rings. The Morgan fingerprint density at radius 1 is 1.30 bits per heavy atom. The SMILES string of the molecule is c1cnc(N2CCOC[C@]3(CC[C@H](Cn4cncn4)O3)C2)nc1. The summed E-state index contributed by atoms with van der Waals surface area (Å²) in [6, 6.07) is 1.83. The third-order valence-electron chi connectivity index (χ3n) is 4.38. The van der Waals surface area contributed by atoms with Gasteiger partial charge in [0.15, 0.2) is 0 Å². The van der Waals surface area contributed by atoms with E-state index in [1.807, 2.05) is 10.7 Å². The molecule has 0 N–H and O–H groups in total. The molecule has 0 bridgehead atoms. The van der Waals surface area contributed by atoms with Crippen LogP contribution in [0, 0.1) is 0 Å². The van der Waals surface area contributed by atoms with Crippen LogP contribution in [-0.4, -0.2) is 62.7 Å². The molecule has 4 rings (SSSR count). The average Bonchev–Trinajstić information content (AvgIpc) is 3.17. The smallest absolute Gasteiger partial charge is 0.225 e. The molecule has 0 radical (unpaired) electrons. The molecule has 1 spiro atoms. The van der Waals surface area contributed by atoms with Crippen molar-refractivity contribution in [3.05, 3.63) is 31.1 Å². The van der Waals surface area contributed by atoms with Gasteiger partial charge in [-0.3, -0.25) is 4.68 Å². The summed E-state index contributed by atoms with van der Waals surface area (Å²) >= 11 is 0. The zero-order valence-electron chi connectivity index (χ0n) is 12.9. The Balaban J connectivity index is 1.47. The molecule has 0 unspecified atom stereocenters. The van der Waals surface area contributed by atoms with Gasteiger partial charge in [0.2, 0.25) is 5.95 Å². The van der Waals surface area contributed by atoms with Crippen molar-refractivity contribution in [1.82, 2.24) is 24.7 Å². The van der Waals surface area contributed by atoms with E-state index in [0.717, 1.165) is 38.4 Å². The largest absolute Gasteiger partial charge is 0.377 e. The lowest BCUT2D eigenvalue weighted by molar-refractivity contribution is -0.0807. The normalized spacial score (nSPS) is 28.2. The summed E-state index contributed by atoms with van der Waals surface area (Å²) in [5, 5.41) is 4.16. The molecule has 0 amide bonds. The zero-order valence-corrected chi connectivity index (χ0v) is 12.9. The maximum Gasteiger partial charge on any atom is 0.225 e. The quantitative estimate of drug-likeness (QED) is 0.817. The van der Waals surface area contributed by atoms with E-state index in [4.69, 9.17) is 9.47 Å². The van der Waals surface area contributed by atoms with Gasteiger partial charge in [-0.2, -0.15) is 5.10 Å². The first-order valence-corrected chi connectivity index (χ1v) is 7.93. The van der Waals surface area contributed by atoms with Gasteiger partial charge in [0.25, 0.3) is 0 Å². The molecule has 2 fully saturated rings. The summed E-state index contributed by atoms with van der Waals surface area (Å²) < 4.78 is 14.0. The van der Waals surface area contributed by atoms with Crippen molar-refractivity contribution in [3.8, 4) is 0 Å². The molecular weight excluding hydrogens is 296 g/mol. The van der Waals surface area contributed by atoms with Crippen LogP contribution in [0.1, 0.15) is 12.8 Å². The second-order valence-electron chi connectivity index (χ2n) is 6.10. The minimum atomic E-state index is -0.291. The highest BCUT2D eigenvalue weighted by molar-refractivity contribution is 5.30. The number of ether oxygens (including phenoxy) is 2. The van der Waals surface area contributed by atoms with Crippen LogP contribution in [-0.2, 0) is 16.0 Å². The standard InChI is InChI=1S/C15H20N6O2/c1-4-17-14(18-5-1)20-6-7-22-10-15(9-20)3-2-13(23-15)8-21-12-16-11-19-21/h1,4-5,11-13H,2-3,6-10H2/t13-,15+/m1/s1. The second-order valence-corrected chi connectivity index (χ2v) is 6.10. The topological polar surface area (TPSA) is 78.2 Å². The van der Waals surface area contributed by atoms with Crippen molar-refractivity contribution in [2.24, 2.45) is 0 Å². The molecule has 0 saturated carbocycles. The van der Waals surface area contributed by atoms with Crippen molar-refractivity contribution in [1.29, 1.82) is 0 Å². The Bertz CT molecular complexity index is 622. The summed E-state index contributed by atoms with van der Waals surface area (Å²) in [6.45, 7) is 3.54. The molecule has 0 aliphatic carbocycles. The molecule has 8 heteroatoms. The Morgan fingerprint density at radius 3 is 3.04 bits per heavy atom. The van der Waals surface area contributed by atoms with E-state index in [2.05, 4.69) is 25.0 Å². The summed E-state index contributed by atoms with van der Waals surface area (Å²) in [7, 11) is 0. The van der Waals surface area contributed by atoms with Crippen LogP contribution in [0.4, 0.5) is 5.95 Å². The fourth-order valence-corrected chi connectivity index (χ4v) is 3.31. The molecule has 2 saturated heterocycles. The van der Waals surface area contributed by atoms with E-state index in [1.165, 1.54) is 0 Å². The lowest BCUT2D eigenvalue weighted by atomic mass is 10.0. The van der Waals surface area contributed by atoms with E-state index in [0.29, 0.717) is 13.2 Å². The van der Waals surface area contributed by atoms with Crippen LogP contribution in [0.3, 0.4) is 0 Å². The fraction of sp³-hybridized carbons (Fsp3) is 0.600. The van der Waals surface area contributed by atoms with Crippen LogP contribution in [0.5, 0.6) is 0 Å². The van der Waals surface area contributed by atoms with Gasteiger partial charge in [-0.05, 0) is 18.9 Å². The van der Waals surface area contributed by atoms with Gasteiger partial charge in [-0.1, -0.05) is 0 Å². The first-order chi connectivity index (χ1) is 11.3. The second kappa shape index (κ2) is 6.21. The Hall–Kier alpha value is -2.06. The highest BCUT2D eigenvalue weighted by atomic mass is 16.6. The molecule has 2 atom stereocenters. The molecule has 122 valence electrons. The van der Waals surface area contributed by atoms with Gasteiger partial charge in [0, 0.05) is 18.9 Å². The van der Waals surface area contributed by atoms with E-state index in [9.17, 15) is 0 Å². The minimum Gasteiger partial charge on any atom is -0.377 e. The van der Waals surface area contributed by atoms with Crippen molar-refractivity contribution in [3.63, 3.8) is 0 Å². The number of anilines is 1. The Kier molecular flexibility index (Phi) is 3.92. The molecule has 8 nitrogen and oxygen atoms in total. The van der Waals surface area contributed by atoms with Crippen LogP contribution >= 0.6 is 0 Å². The van der Waals surface area contributed by atoms with Gasteiger partial charge < -0.3 is 14.4 Å². The van der Waals surface area contributed by atoms with Crippen LogP contribution < -0.4 is 4.90 Å².